The highest BCUT2D eigenvalue weighted by atomic mass is 79.9. The molecule has 112 valence electrons. The Morgan fingerprint density at radius 1 is 1.10 bits per heavy atom. The molecule has 0 aliphatic carbocycles. The fourth-order valence-electron chi connectivity index (χ4n) is 2.45. The van der Waals surface area contributed by atoms with Gasteiger partial charge in [-0.05, 0) is 61.2 Å². The molecule has 1 unspecified atom stereocenters. The van der Waals surface area contributed by atoms with Crippen LogP contribution in [0.2, 0.25) is 0 Å². The first-order chi connectivity index (χ1) is 10.1. The van der Waals surface area contributed by atoms with Gasteiger partial charge in [0.25, 0.3) is 0 Å². The fourth-order valence-corrected chi connectivity index (χ4v) is 3.35. The van der Waals surface area contributed by atoms with Gasteiger partial charge in [-0.25, -0.2) is 0 Å². The maximum absolute atomic E-state index is 3.69. The third-order valence-corrected chi connectivity index (χ3v) is 4.87. The number of nitrogens with one attached hydrogen (secondary N) is 1. The molecule has 0 aliphatic heterocycles. The van der Waals surface area contributed by atoms with Crippen LogP contribution in [0.1, 0.15) is 36.1 Å². The van der Waals surface area contributed by atoms with Crippen LogP contribution in [0.3, 0.4) is 0 Å². The number of halogens is 2. The van der Waals surface area contributed by atoms with E-state index in [9.17, 15) is 0 Å². The van der Waals surface area contributed by atoms with Crippen LogP contribution in [-0.4, -0.2) is 6.54 Å². The van der Waals surface area contributed by atoms with Crippen LogP contribution in [0.15, 0.2) is 51.4 Å². The molecule has 3 heteroatoms. The molecule has 0 heterocycles. The molecular formula is C18H21Br2N. The van der Waals surface area contributed by atoms with Gasteiger partial charge in [0.15, 0.2) is 0 Å². The second-order valence-electron chi connectivity index (χ2n) is 5.30. The molecule has 0 saturated carbocycles. The van der Waals surface area contributed by atoms with E-state index in [4.69, 9.17) is 0 Å². The lowest BCUT2D eigenvalue weighted by molar-refractivity contribution is 0.526. The van der Waals surface area contributed by atoms with Crippen molar-refractivity contribution in [1.82, 2.24) is 5.32 Å². The average molecular weight is 411 g/mol. The molecule has 21 heavy (non-hydrogen) atoms. The van der Waals surface area contributed by atoms with Crippen molar-refractivity contribution in [3.05, 3.63) is 68.1 Å². The molecule has 0 saturated heterocycles. The summed E-state index contributed by atoms with van der Waals surface area (Å²) in [7, 11) is 0. The van der Waals surface area contributed by atoms with E-state index in [-0.39, 0.29) is 0 Å². The SMILES string of the molecule is CCCNC(Cc1ccccc1C)c1cc(Br)ccc1Br. The van der Waals surface area contributed by atoms with Gasteiger partial charge in [-0.15, -0.1) is 0 Å². The summed E-state index contributed by atoms with van der Waals surface area (Å²) in [5, 5.41) is 3.68. The Bertz CT molecular complexity index is 596. The summed E-state index contributed by atoms with van der Waals surface area (Å²) in [6.45, 7) is 5.41. The summed E-state index contributed by atoms with van der Waals surface area (Å²) in [6.07, 6.45) is 2.14. The van der Waals surface area contributed by atoms with E-state index in [1.165, 1.54) is 16.7 Å². The van der Waals surface area contributed by atoms with Gasteiger partial charge in [0.1, 0.15) is 0 Å². The van der Waals surface area contributed by atoms with E-state index in [1.54, 1.807) is 0 Å². The zero-order valence-corrected chi connectivity index (χ0v) is 15.7. The first kappa shape index (κ1) is 16.7. The molecule has 1 N–H and O–H groups in total. The molecule has 0 fully saturated rings. The highest BCUT2D eigenvalue weighted by Gasteiger charge is 2.16. The maximum atomic E-state index is 3.69. The summed E-state index contributed by atoms with van der Waals surface area (Å²) < 4.78 is 2.28. The second kappa shape index (κ2) is 8.11. The van der Waals surface area contributed by atoms with E-state index in [2.05, 4.69) is 93.5 Å². The van der Waals surface area contributed by atoms with Gasteiger partial charge in [0, 0.05) is 15.0 Å². The molecule has 0 aromatic heterocycles. The largest absolute Gasteiger partial charge is 0.310 e. The van der Waals surface area contributed by atoms with Crippen molar-refractivity contribution in [3.8, 4) is 0 Å². The third kappa shape index (κ3) is 4.67. The number of rotatable bonds is 6. The van der Waals surface area contributed by atoms with E-state index < -0.39 is 0 Å². The highest BCUT2D eigenvalue weighted by Crippen LogP contribution is 2.29. The summed E-state index contributed by atoms with van der Waals surface area (Å²) in [6, 6.07) is 15.3. The molecule has 1 atom stereocenters. The van der Waals surface area contributed by atoms with Crippen LogP contribution < -0.4 is 5.32 Å². The number of aryl methyl sites for hydroxylation is 1. The summed E-state index contributed by atoms with van der Waals surface area (Å²) in [5.41, 5.74) is 4.06. The van der Waals surface area contributed by atoms with Gasteiger partial charge >= 0.3 is 0 Å². The van der Waals surface area contributed by atoms with E-state index in [0.29, 0.717) is 6.04 Å². The Morgan fingerprint density at radius 2 is 1.86 bits per heavy atom. The van der Waals surface area contributed by atoms with Crippen molar-refractivity contribution in [2.45, 2.75) is 32.7 Å². The van der Waals surface area contributed by atoms with Crippen molar-refractivity contribution in [1.29, 1.82) is 0 Å². The van der Waals surface area contributed by atoms with Crippen molar-refractivity contribution < 1.29 is 0 Å². The molecule has 0 radical (unpaired) electrons. The van der Waals surface area contributed by atoms with Gasteiger partial charge in [-0.2, -0.15) is 0 Å². The molecule has 0 spiro atoms. The smallest absolute Gasteiger partial charge is 0.0372 e. The normalized spacial score (nSPS) is 12.4. The van der Waals surface area contributed by atoms with E-state index >= 15 is 0 Å². The minimum absolute atomic E-state index is 0.318. The molecule has 2 rings (SSSR count). The lowest BCUT2D eigenvalue weighted by atomic mass is 9.96. The van der Waals surface area contributed by atoms with Gasteiger partial charge in [-0.1, -0.05) is 63.0 Å². The minimum atomic E-state index is 0.318. The highest BCUT2D eigenvalue weighted by molar-refractivity contribution is 9.11. The Hall–Kier alpha value is -0.640. The van der Waals surface area contributed by atoms with Crippen LogP contribution in [-0.2, 0) is 6.42 Å². The zero-order chi connectivity index (χ0) is 15.2. The Kier molecular flexibility index (Phi) is 6.46. The summed E-state index contributed by atoms with van der Waals surface area (Å²) in [4.78, 5) is 0. The van der Waals surface area contributed by atoms with Crippen LogP contribution in [0.25, 0.3) is 0 Å². The second-order valence-corrected chi connectivity index (χ2v) is 7.07. The number of benzene rings is 2. The van der Waals surface area contributed by atoms with E-state index in [0.717, 1.165) is 28.3 Å². The van der Waals surface area contributed by atoms with Crippen molar-refractivity contribution >= 4 is 31.9 Å². The van der Waals surface area contributed by atoms with Gasteiger partial charge in [-0.3, -0.25) is 0 Å². The standard InChI is InChI=1S/C18H21Br2N/c1-3-10-21-18(11-14-7-5-4-6-13(14)2)16-12-15(19)8-9-17(16)20/h4-9,12,18,21H,3,10-11H2,1-2H3. The van der Waals surface area contributed by atoms with Crippen LogP contribution in [0.4, 0.5) is 0 Å². The van der Waals surface area contributed by atoms with Crippen LogP contribution in [0.5, 0.6) is 0 Å². The monoisotopic (exact) mass is 409 g/mol. The maximum Gasteiger partial charge on any atom is 0.0372 e. The zero-order valence-electron chi connectivity index (χ0n) is 12.5. The molecule has 1 nitrogen and oxygen atoms in total. The van der Waals surface area contributed by atoms with Crippen LogP contribution >= 0.6 is 31.9 Å². The van der Waals surface area contributed by atoms with Gasteiger partial charge < -0.3 is 5.32 Å². The first-order valence-electron chi connectivity index (χ1n) is 7.34. The number of hydrogen-bond donors (Lipinski definition) is 1. The molecule has 0 amide bonds. The van der Waals surface area contributed by atoms with E-state index in [1.807, 2.05) is 0 Å². The first-order valence-corrected chi connectivity index (χ1v) is 8.93. The van der Waals surface area contributed by atoms with Crippen molar-refractivity contribution in [3.63, 3.8) is 0 Å². The minimum Gasteiger partial charge on any atom is -0.310 e. The molecule has 0 aliphatic rings. The Balaban J connectivity index is 2.30. The molecular weight excluding hydrogens is 390 g/mol. The summed E-state index contributed by atoms with van der Waals surface area (Å²) in [5.74, 6) is 0. The summed E-state index contributed by atoms with van der Waals surface area (Å²) >= 11 is 7.28. The lowest BCUT2D eigenvalue weighted by Crippen LogP contribution is -2.24. The average Bonchev–Trinajstić information content (AvgIpc) is 2.48. The fraction of sp³-hybridized carbons (Fsp3) is 0.333. The topological polar surface area (TPSA) is 12.0 Å². The Labute approximate surface area is 144 Å². The molecule has 2 aromatic rings. The lowest BCUT2D eigenvalue weighted by Gasteiger charge is -2.22. The number of hydrogen-bond acceptors (Lipinski definition) is 1. The predicted octanol–water partition coefficient (Wildman–Crippen LogP) is 5.80. The van der Waals surface area contributed by atoms with Crippen molar-refractivity contribution in [2.75, 3.05) is 6.54 Å². The van der Waals surface area contributed by atoms with Crippen LogP contribution in [0, 0.1) is 6.92 Å². The van der Waals surface area contributed by atoms with Gasteiger partial charge in [0.05, 0.1) is 0 Å². The quantitative estimate of drug-likeness (QED) is 0.634. The molecule has 2 aromatic carbocycles. The third-order valence-electron chi connectivity index (χ3n) is 3.66. The van der Waals surface area contributed by atoms with Gasteiger partial charge in [0.2, 0.25) is 0 Å². The molecule has 0 bridgehead atoms. The Morgan fingerprint density at radius 3 is 2.57 bits per heavy atom. The van der Waals surface area contributed by atoms with Crippen molar-refractivity contribution in [2.24, 2.45) is 0 Å². The predicted molar refractivity (Wildman–Crippen MR) is 97.8 cm³/mol.